The Morgan fingerprint density at radius 1 is 1.16 bits per heavy atom. The zero-order chi connectivity index (χ0) is 27.4. The summed E-state index contributed by atoms with van der Waals surface area (Å²) in [5.41, 5.74) is 3.48. The molecule has 4 rings (SSSR count). The summed E-state index contributed by atoms with van der Waals surface area (Å²) in [6, 6.07) is 12.7. The Labute approximate surface area is 232 Å². The zero-order valence-corrected chi connectivity index (χ0v) is 23.5. The van der Waals surface area contributed by atoms with Crippen molar-refractivity contribution in [1.29, 1.82) is 0 Å². The average molecular weight is 559 g/mol. The number of nitrogens with zero attached hydrogens (tertiary/aromatic N) is 3. The Morgan fingerprint density at radius 3 is 2.55 bits per heavy atom. The maximum absolute atomic E-state index is 13.4. The highest BCUT2D eigenvalue weighted by molar-refractivity contribution is 6.42. The molecule has 8 nitrogen and oxygen atoms in total. The minimum absolute atomic E-state index is 0.0940. The molecule has 0 saturated heterocycles. The number of hydrogen-bond donors (Lipinski definition) is 1. The van der Waals surface area contributed by atoms with Crippen LogP contribution in [0.5, 0.6) is 5.75 Å². The summed E-state index contributed by atoms with van der Waals surface area (Å²) < 4.78 is 12.3. The fourth-order valence-corrected chi connectivity index (χ4v) is 4.95. The van der Waals surface area contributed by atoms with Crippen molar-refractivity contribution < 1.29 is 19.1 Å². The van der Waals surface area contributed by atoms with E-state index in [4.69, 9.17) is 37.8 Å². The number of aromatic nitrogens is 2. The molecule has 2 atom stereocenters. The average Bonchev–Trinajstić information content (AvgIpc) is 3.26. The molecule has 0 saturated carbocycles. The lowest BCUT2D eigenvalue weighted by atomic mass is 9.98. The standard InChI is InChI=1S/C28H32Cl2N4O4/c1-5-38-28(36)26-22-16-33(27(35)20-8-11-23(29)24(30)15-20)17(2)14-25(22)32-34(26)13-12-31-18(3)19-6-9-21(37-4)10-7-19/h6-11,15,17-18,31H,5,12-14,16H2,1-4H3/t17-,18?/m1/s1. The molecule has 2 aromatic carbocycles. The van der Waals surface area contributed by atoms with E-state index in [0.717, 1.165) is 22.6 Å². The summed E-state index contributed by atoms with van der Waals surface area (Å²) in [7, 11) is 1.64. The van der Waals surface area contributed by atoms with Crippen LogP contribution in [0.2, 0.25) is 10.0 Å². The first-order valence-corrected chi connectivity index (χ1v) is 13.4. The number of rotatable bonds is 9. The number of fused-ring (bicyclic) bond motifs is 1. The Balaban J connectivity index is 1.53. The van der Waals surface area contributed by atoms with Crippen LogP contribution in [0.3, 0.4) is 0 Å². The van der Waals surface area contributed by atoms with Gasteiger partial charge in [-0.1, -0.05) is 35.3 Å². The first-order chi connectivity index (χ1) is 18.2. The van der Waals surface area contributed by atoms with Gasteiger partial charge in [0.15, 0.2) is 5.69 Å². The monoisotopic (exact) mass is 558 g/mol. The first-order valence-electron chi connectivity index (χ1n) is 12.6. The number of ether oxygens (including phenoxy) is 2. The molecule has 202 valence electrons. The molecule has 0 fully saturated rings. The molecular formula is C28H32Cl2N4O4. The van der Waals surface area contributed by atoms with E-state index in [0.29, 0.717) is 40.8 Å². The Hall–Kier alpha value is -3.07. The Bertz CT molecular complexity index is 1310. The number of nitrogens with one attached hydrogen (secondary N) is 1. The highest BCUT2D eigenvalue weighted by atomic mass is 35.5. The number of carbonyl (C=O) groups excluding carboxylic acids is 2. The van der Waals surface area contributed by atoms with Gasteiger partial charge in [-0.15, -0.1) is 0 Å². The summed E-state index contributed by atoms with van der Waals surface area (Å²) in [4.78, 5) is 28.2. The molecule has 1 N–H and O–H groups in total. The van der Waals surface area contributed by atoms with Gasteiger partial charge in [0.2, 0.25) is 0 Å². The second-order valence-corrected chi connectivity index (χ2v) is 10.1. The third-order valence-electron chi connectivity index (χ3n) is 6.77. The van der Waals surface area contributed by atoms with Crippen LogP contribution in [0.15, 0.2) is 42.5 Å². The van der Waals surface area contributed by atoms with Crippen molar-refractivity contribution in [2.24, 2.45) is 0 Å². The highest BCUT2D eigenvalue weighted by Gasteiger charge is 2.34. The van der Waals surface area contributed by atoms with Gasteiger partial charge in [0.1, 0.15) is 5.75 Å². The van der Waals surface area contributed by atoms with E-state index in [1.54, 1.807) is 41.8 Å². The lowest BCUT2D eigenvalue weighted by Crippen LogP contribution is -2.42. The number of amides is 1. The summed E-state index contributed by atoms with van der Waals surface area (Å²) in [5, 5.41) is 8.97. The molecule has 1 aliphatic heterocycles. The van der Waals surface area contributed by atoms with Gasteiger partial charge < -0.3 is 19.7 Å². The van der Waals surface area contributed by atoms with Gasteiger partial charge in [0.05, 0.1) is 42.5 Å². The molecule has 1 aromatic heterocycles. The summed E-state index contributed by atoms with van der Waals surface area (Å²) in [6.07, 6.45) is 0.525. The van der Waals surface area contributed by atoms with E-state index in [9.17, 15) is 9.59 Å². The van der Waals surface area contributed by atoms with Crippen LogP contribution in [0, 0.1) is 0 Å². The first kappa shape index (κ1) is 28.0. The number of carbonyl (C=O) groups is 2. The topological polar surface area (TPSA) is 85.7 Å². The van der Waals surface area contributed by atoms with Gasteiger partial charge in [0, 0.05) is 36.2 Å². The quantitative estimate of drug-likeness (QED) is 0.358. The van der Waals surface area contributed by atoms with Crippen molar-refractivity contribution in [3.63, 3.8) is 0 Å². The molecule has 0 spiro atoms. The van der Waals surface area contributed by atoms with Crippen molar-refractivity contribution in [3.8, 4) is 5.75 Å². The summed E-state index contributed by atoms with van der Waals surface area (Å²) >= 11 is 12.2. The van der Waals surface area contributed by atoms with Crippen LogP contribution in [0.4, 0.5) is 0 Å². The maximum atomic E-state index is 13.4. The fourth-order valence-electron chi connectivity index (χ4n) is 4.65. The fraction of sp³-hybridized carbons (Fsp3) is 0.393. The molecule has 0 aliphatic carbocycles. The number of esters is 1. The van der Waals surface area contributed by atoms with E-state index in [1.807, 2.05) is 31.2 Å². The lowest BCUT2D eigenvalue weighted by Gasteiger charge is -2.33. The normalized spacial score (nSPS) is 15.6. The van der Waals surface area contributed by atoms with Crippen molar-refractivity contribution in [2.75, 3.05) is 20.3 Å². The molecular weight excluding hydrogens is 527 g/mol. The predicted octanol–water partition coefficient (Wildman–Crippen LogP) is 5.31. The van der Waals surface area contributed by atoms with Crippen LogP contribution in [0.25, 0.3) is 0 Å². The summed E-state index contributed by atoms with van der Waals surface area (Å²) in [5.74, 6) is 0.184. The van der Waals surface area contributed by atoms with Gasteiger partial charge in [-0.3, -0.25) is 9.48 Å². The Morgan fingerprint density at radius 2 is 1.89 bits per heavy atom. The van der Waals surface area contributed by atoms with Crippen molar-refractivity contribution in [3.05, 3.63) is 80.6 Å². The van der Waals surface area contributed by atoms with Crippen LogP contribution in [-0.2, 0) is 24.2 Å². The molecule has 1 amide bonds. The third kappa shape index (κ3) is 5.98. The SMILES string of the molecule is CCOC(=O)c1c2c(nn1CCNC(C)c1ccc(OC)cc1)C[C@@H](C)N(C(=O)c1ccc(Cl)c(Cl)c1)C2. The van der Waals surface area contributed by atoms with E-state index < -0.39 is 5.97 Å². The number of methoxy groups -OCH3 is 1. The second kappa shape index (κ2) is 12.2. The van der Waals surface area contributed by atoms with Gasteiger partial charge in [-0.2, -0.15) is 5.10 Å². The number of halogens is 2. The van der Waals surface area contributed by atoms with Crippen LogP contribution in [-0.4, -0.2) is 52.9 Å². The zero-order valence-electron chi connectivity index (χ0n) is 22.0. The van der Waals surface area contributed by atoms with Crippen LogP contribution < -0.4 is 10.1 Å². The molecule has 0 bridgehead atoms. The molecule has 0 radical (unpaired) electrons. The minimum atomic E-state index is -0.444. The van der Waals surface area contributed by atoms with Gasteiger partial charge in [0.25, 0.3) is 5.91 Å². The van der Waals surface area contributed by atoms with Crippen molar-refractivity contribution >= 4 is 35.1 Å². The van der Waals surface area contributed by atoms with E-state index in [-0.39, 0.29) is 31.1 Å². The smallest absolute Gasteiger partial charge is 0.356 e. The number of benzene rings is 2. The van der Waals surface area contributed by atoms with Crippen molar-refractivity contribution in [2.45, 2.75) is 52.4 Å². The lowest BCUT2D eigenvalue weighted by molar-refractivity contribution is 0.0502. The van der Waals surface area contributed by atoms with Gasteiger partial charge >= 0.3 is 5.97 Å². The van der Waals surface area contributed by atoms with Crippen LogP contribution >= 0.6 is 23.2 Å². The molecule has 2 heterocycles. The predicted molar refractivity (Wildman–Crippen MR) is 147 cm³/mol. The Kier molecular flexibility index (Phi) is 8.97. The minimum Gasteiger partial charge on any atom is -0.497 e. The van der Waals surface area contributed by atoms with E-state index in [2.05, 4.69) is 12.2 Å². The van der Waals surface area contributed by atoms with Gasteiger partial charge in [-0.05, 0) is 56.7 Å². The molecule has 1 unspecified atom stereocenters. The second-order valence-electron chi connectivity index (χ2n) is 9.28. The molecule has 38 heavy (non-hydrogen) atoms. The number of hydrogen-bond acceptors (Lipinski definition) is 6. The molecule has 1 aliphatic rings. The molecule has 3 aromatic rings. The summed E-state index contributed by atoms with van der Waals surface area (Å²) in [6.45, 7) is 7.37. The highest BCUT2D eigenvalue weighted by Crippen LogP contribution is 2.30. The maximum Gasteiger partial charge on any atom is 0.356 e. The van der Waals surface area contributed by atoms with E-state index in [1.165, 1.54) is 0 Å². The van der Waals surface area contributed by atoms with Crippen molar-refractivity contribution in [1.82, 2.24) is 20.0 Å². The molecule has 10 heteroatoms. The third-order valence-corrected chi connectivity index (χ3v) is 7.51. The largest absolute Gasteiger partial charge is 0.497 e. The van der Waals surface area contributed by atoms with Crippen LogP contribution in [0.1, 0.15) is 64.5 Å². The van der Waals surface area contributed by atoms with Gasteiger partial charge in [-0.25, -0.2) is 4.79 Å². The van der Waals surface area contributed by atoms with E-state index >= 15 is 0 Å².